The Labute approximate surface area is 151 Å². The molecule has 0 bridgehead atoms. The topological polar surface area (TPSA) is 59.8 Å². The molecule has 0 atom stereocenters. The van der Waals surface area contributed by atoms with Crippen LogP contribution in [0.3, 0.4) is 0 Å². The van der Waals surface area contributed by atoms with Gasteiger partial charge in [-0.1, -0.05) is 0 Å². The molecule has 1 amide bonds. The van der Waals surface area contributed by atoms with E-state index >= 15 is 0 Å². The van der Waals surface area contributed by atoms with Crippen LogP contribution in [0.15, 0.2) is 36.5 Å². The molecule has 12 heteroatoms. The maximum atomic E-state index is 13.4. The number of anilines is 1. The monoisotopic (exact) mass is 406 g/mol. The van der Waals surface area contributed by atoms with Crippen molar-refractivity contribution in [2.45, 2.75) is 18.9 Å². The van der Waals surface area contributed by atoms with Crippen LogP contribution in [0, 0.1) is 5.82 Å². The van der Waals surface area contributed by atoms with Gasteiger partial charge in [-0.05, 0) is 30.3 Å². The molecule has 2 aromatic heterocycles. The fraction of sp³-hybridized carbons (Fsp3) is 0.188. The number of nitrogens with one attached hydrogen (secondary N) is 1. The summed E-state index contributed by atoms with van der Waals surface area (Å²) in [6.07, 6.45) is -8.77. The van der Waals surface area contributed by atoms with Crippen molar-refractivity contribution in [1.29, 1.82) is 0 Å². The summed E-state index contributed by atoms with van der Waals surface area (Å²) in [6, 6.07) is 4.32. The predicted octanol–water partition coefficient (Wildman–Crippen LogP) is 4.40. The number of pyridine rings is 1. The zero-order valence-electron chi connectivity index (χ0n) is 13.6. The number of imidazole rings is 1. The number of nitrogens with zero attached hydrogens (tertiary/aromatic N) is 3. The average Bonchev–Trinajstić information content (AvgIpc) is 2.89. The summed E-state index contributed by atoms with van der Waals surface area (Å²) >= 11 is 0. The molecule has 0 aliphatic heterocycles. The summed E-state index contributed by atoms with van der Waals surface area (Å²) in [6.45, 7) is -1.56. The fourth-order valence-electron chi connectivity index (χ4n) is 2.40. The Hall–Kier alpha value is -3.18. The van der Waals surface area contributed by atoms with E-state index in [-0.39, 0.29) is 16.6 Å². The average molecular weight is 406 g/mol. The lowest BCUT2D eigenvalue weighted by Crippen LogP contribution is -2.22. The second-order valence-corrected chi connectivity index (χ2v) is 5.65. The van der Waals surface area contributed by atoms with Crippen LogP contribution in [0.4, 0.5) is 36.7 Å². The number of fused-ring (bicyclic) bond motifs is 1. The lowest BCUT2D eigenvalue weighted by molar-refractivity contribution is -0.141. The van der Waals surface area contributed by atoms with Crippen LogP contribution in [-0.2, 0) is 12.7 Å². The quantitative estimate of drug-likeness (QED) is 0.656. The molecule has 28 heavy (non-hydrogen) atoms. The van der Waals surface area contributed by atoms with Crippen LogP contribution in [0.1, 0.15) is 16.1 Å². The minimum atomic E-state index is -4.71. The highest BCUT2D eigenvalue weighted by atomic mass is 19.4. The largest absolute Gasteiger partial charge is 0.433 e. The van der Waals surface area contributed by atoms with E-state index in [1.54, 1.807) is 0 Å². The summed E-state index contributed by atoms with van der Waals surface area (Å²) < 4.78 is 90.1. The van der Waals surface area contributed by atoms with Crippen LogP contribution >= 0.6 is 0 Å². The predicted molar refractivity (Wildman–Crippen MR) is 82.9 cm³/mol. The number of benzene rings is 1. The number of aromatic nitrogens is 3. The molecule has 1 aromatic carbocycles. The second-order valence-electron chi connectivity index (χ2n) is 5.65. The van der Waals surface area contributed by atoms with Gasteiger partial charge in [0, 0.05) is 6.20 Å². The summed E-state index contributed by atoms with van der Waals surface area (Å²) in [7, 11) is 0. The molecule has 0 aliphatic carbocycles. The SMILES string of the molecule is O=C(Nc1nc2ccc(F)cc2n1CC(F)(F)F)c1ccc(C(F)(F)F)nc1. The van der Waals surface area contributed by atoms with Gasteiger partial charge in [0.1, 0.15) is 18.1 Å². The van der Waals surface area contributed by atoms with Crippen LogP contribution in [0.25, 0.3) is 11.0 Å². The van der Waals surface area contributed by atoms with Crippen molar-refractivity contribution in [2.24, 2.45) is 0 Å². The van der Waals surface area contributed by atoms with E-state index in [0.29, 0.717) is 16.8 Å². The first-order chi connectivity index (χ1) is 12.9. The Bertz CT molecular complexity index is 1020. The van der Waals surface area contributed by atoms with Gasteiger partial charge in [-0.2, -0.15) is 26.3 Å². The number of hydrogen-bond acceptors (Lipinski definition) is 3. The summed E-state index contributed by atoms with van der Waals surface area (Å²) in [4.78, 5) is 19.1. The third-order valence-electron chi connectivity index (χ3n) is 3.59. The maximum absolute atomic E-state index is 13.4. The third-order valence-corrected chi connectivity index (χ3v) is 3.59. The van der Waals surface area contributed by atoms with Gasteiger partial charge in [-0.3, -0.25) is 15.1 Å². The zero-order valence-corrected chi connectivity index (χ0v) is 13.6. The molecule has 0 saturated carbocycles. The van der Waals surface area contributed by atoms with Crippen molar-refractivity contribution in [2.75, 3.05) is 5.32 Å². The normalized spacial score (nSPS) is 12.4. The summed E-state index contributed by atoms with van der Waals surface area (Å²) in [5, 5.41) is 2.09. The van der Waals surface area contributed by atoms with Crippen molar-refractivity contribution in [3.8, 4) is 0 Å². The number of hydrogen-bond donors (Lipinski definition) is 1. The molecule has 148 valence electrons. The van der Waals surface area contributed by atoms with Crippen molar-refractivity contribution in [3.05, 3.63) is 53.6 Å². The number of carbonyl (C=O) groups is 1. The smallest absolute Gasteiger partial charge is 0.301 e. The van der Waals surface area contributed by atoms with Gasteiger partial charge in [-0.15, -0.1) is 0 Å². The van der Waals surface area contributed by atoms with Crippen LogP contribution < -0.4 is 5.32 Å². The third kappa shape index (κ3) is 4.21. The summed E-state index contributed by atoms with van der Waals surface area (Å²) in [5.74, 6) is -2.37. The van der Waals surface area contributed by atoms with Gasteiger partial charge in [0.15, 0.2) is 0 Å². The zero-order chi connectivity index (χ0) is 20.7. The lowest BCUT2D eigenvalue weighted by Gasteiger charge is -2.12. The van der Waals surface area contributed by atoms with E-state index in [4.69, 9.17) is 0 Å². The minimum Gasteiger partial charge on any atom is -0.301 e. The van der Waals surface area contributed by atoms with Crippen LogP contribution in [-0.4, -0.2) is 26.6 Å². The first-order valence-electron chi connectivity index (χ1n) is 7.51. The molecule has 1 N–H and O–H groups in total. The molecular weight excluding hydrogens is 397 g/mol. The van der Waals surface area contributed by atoms with Crippen molar-refractivity contribution < 1.29 is 35.5 Å². The van der Waals surface area contributed by atoms with E-state index in [2.05, 4.69) is 15.3 Å². The molecule has 3 aromatic rings. The Balaban J connectivity index is 1.95. The van der Waals surface area contributed by atoms with Crippen molar-refractivity contribution >= 4 is 22.9 Å². The first-order valence-corrected chi connectivity index (χ1v) is 7.51. The Morgan fingerprint density at radius 1 is 1.07 bits per heavy atom. The molecular formula is C16H9F7N4O. The molecule has 0 saturated heterocycles. The number of alkyl halides is 6. The van der Waals surface area contributed by atoms with Gasteiger partial charge < -0.3 is 4.57 Å². The molecule has 0 spiro atoms. The van der Waals surface area contributed by atoms with E-state index in [1.807, 2.05) is 0 Å². The highest BCUT2D eigenvalue weighted by Crippen LogP contribution is 2.28. The fourth-order valence-corrected chi connectivity index (χ4v) is 2.40. The number of carbonyl (C=O) groups excluding carboxylic acids is 1. The van der Waals surface area contributed by atoms with E-state index in [1.165, 1.54) is 0 Å². The molecule has 0 fully saturated rings. The standard InChI is InChI=1S/C16H9F7N4O/c17-9-2-3-10-11(5-9)27(7-15(18,19)20)14(25-10)26-13(28)8-1-4-12(24-6-8)16(21,22)23/h1-6H,7H2,(H,25,26,28). The van der Waals surface area contributed by atoms with Gasteiger partial charge in [0.05, 0.1) is 16.6 Å². The number of rotatable bonds is 3. The molecule has 3 rings (SSSR count). The Kier molecular flexibility index (Phi) is 4.73. The highest BCUT2D eigenvalue weighted by molar-refractivity contribution is 6.03. The second kappa shape index (κ2) is 6.77. The Morgan fingerprint density at radius 3 is 2.36 bits per heavy atom. The van der Waals surface area contributed by atoms with Gasteiger partial charge >= 0.3 is 12.4 Å². The number of halogens is 7. The lowest BCUT2D eigenvalue weighted by atomic mass is 10.2. The van der Waals surface area contributed by atoms with Crippen LogP contribution in [0.5, 0.6) is 0 Å². The molecule has 0 unspecified atom stereocenters. The van der Waals surface area contributed by atoms with E-state index < -0.39 is 42.3 Å². The van der Waals surface area contributed by atoms with Gasteiger partial charge in [0.2, 0.25) is 5.95 Å². The molecule has 5 nitrogen and oxygen atoms in total. The molecule has 2 heterocycles. The van der Waals surface area contributed by atoms with Gasteiger partial charge in [0.25, 0.3) is 5.91 Å². The minimum absolute atomic E-state index is 0.00788. The van der Waals surface area contributed by atoms with Crippen molar-refractivity contribution in [1.82, 2.24) is 14.5 Å². The van der Waals surface area contributed by atoms with E-state index in [0.717, 1.165) is 24.3 Å². The molecule has 0 radical (unpaired) electrons. The molecule has 0 aliphatic rings. The van der Waals surface area contributed by atoms with Gasteiger partial charge in [-0.25, -0.2) is 9.37 Å². The number of amides is 1. The highest BCUT2D eigenvalue weighted by Gasteiger charge is 2.33. The summed E-state index contributed by atoms with van der Waals surface area (Å²) in [5.41, 5.74) is -1.78. The maximum Gasteiger partial charge on any atom is 0.433 e. The first kappa shape index (κ1) is 19.6. The van der Waals surface area contributed by atoms with Crippen molar-refractivity contribution in [3.63, 3.8) is 0 Å². The Morgan fingerprint density at radius 2 is 1.79 bits per heavy atom. The van der Waals surface area contributed by atoms with Crippen LogP contribution in [0.2, 0.25) is 0 Å². The van der Waals surface area contributed by atoms with E-state index in [9.17, 15) is 35.5 Å².